The third-order valence-corrected chi connectivity index (χ3v) is 4.45. The van der Waals surface area contributed by atoms with Crippen molar-refractivity contribution in [2.75, 3.05) is 20.1 Å². The van der Waals surface area contributed by atoms with E-state index in [1.165, 1.54) is 6.26 Å². The third-order valence-electron chi connectivity index (χ3n) is 4.45. The topological polar surface area (TPSA) is 91.8 Å². The molecular formula is C21H26N4O3. The van der Waals surface area contributed by atoms with Gasteiger partial charge < -0.3 is 24.8 Å². The Hall–Kier alpha value is -3.22. The third kappa shape index (κ3) is 4.73. The zero-order valence-corrected chi connectivity index (χ0v) is 16.4. The summed E-state index contributed by atoms with van der Waals surface area (Å²) in [6.07, 6.45) is 2.27. The normalized spacial score (nSPS) is 12.8. The number of amides is 1. The maximum atomic E-state index is 12.0. The smallest absolute Gasteiger partial charge is 0.287 e. The molecular weight excluding hydrogens is 356 g/mol. The quantitative estimate of drug-likeness (QED) is 0.331. The fourth-order valence-electron chi connectivity index (χ4n) is 2.87. The van der Waals surface area contributed by atoms with E-state index in [0.29, 0.717) is 24.8 Å². The Bertz CT molecular complexity index is 924. The summed E-state index contributed by atoms with van der Waals surface area (Å²) >= 11 is 0. The van der Waals surface area contributed by atoms with Crippen LogP contribution in [0.5, 0.6) is 0 Å². The monoisotopic (exact) mass is 382 g/mol. The maximum Gasteiger partial charge on any atom is 0.287 e. The standard InChI is InChI=1S/C21H26N4O3/c1-14-9-12-27-19(14)20(26)23-10-6-11-24-21(22-3)25-15(2)18-13-16-7-4-5-8-17(16)28-18/h4-5,7-9,12-13,15H,6,10-11H2,1-3H3,(H,23,26)(H2,22,24,25). The Labute approximate surface area is 164 Å². The molecule has 7 nitrogen and oxygen atoms in total. The van der Waals surface area contributed by atoms with E-state index in [2.05, 4.69) is 20.9 Å². The molecule has 0 spiro atoms. The van der Waals surface area contributed by atoms with E-state index in [0.717, 1.165) is 28.7 Å². The molecule has 1 atom stereocenters. The average molecular weight is 382 g/mol. The van der Waals surface area contributed by atoms with Crippen LogP contribution < -0.4 is 16.0 Å². The predicted octanol–water partition coefficient (Wildman–Crippen LogP) is 3.38. The number of para-hydroxylation sites is 1. The van der Waals surface area contributed by atoms with E-state index in [1.54, 1.807) is 13.1 Å². The second-order valence-electron chi connectivity index (χ2n) is 6.59. The molecule has 0 radical (unpaired) electrons. The van der Waals surface area contributed by atoms with Gasteiger partial charge in [0.25, 0.3) is 5.91 Å². The molecule has 2 aromatic heterocycles. The Balaban J connectivity index is 1.42. The van der Waals surface area contributed by atoms with Crippen molar-refractivity contribution in [2.24, 2.45) is 4.99 Å². The number of aryl methyl sites for hydroxylation is 1. The lowest BCUT2D eigenvalue weighted by atomic mass is 10.2. The van der Waals surface area contributed by atoms with Crippen molar-refractivity contribution in [3.8, 4) is 0 Å². The number of furan rings is 2. The van der Waals surface area contributed by atoms with Crippen molar-refractivity contribution >= 4 is 22.8 Å². The van der Waals surface area contributed by atoms with Crippen molar-refractivity contribution in [2.45, 2.75) is 26.3 Å². The Morgan fingerprint density at radius 2 is 1.96 bits per heavy atom. The fourth-order valence-corrected chi connectivity index (χ4v) is 2.87. The number of rotatable bonds is 7. The van der Waals surface area contributed by atoms with Crippen molar-refractivity contribution in [3.63, 3.8) is 0 Å². The highest BCUT2D eigenvalue weighted by Gasteiger charge is 2.13. The number of benzene rings is 1. The second-order valence-corrected chi connectivity index (χ2v) is 6.59. The molecule has 148 valence electrons. The van der Waals surface area contributed by atoms with Crippen LogP contribution in [0.3, 0.4) is 0 Å². The number of hydrogen-bond donors (Lipinski definition) is 3. The predicted molar refractivity (Wildman–Crippen MR) is 110 cm³/mol. The molecule has 28 heavy (non-hydrogen) atoms. The lowest BCUT2D eigenvalue weighted by Crippen LogP contribution is -2.39. The van der Waals surface area contributed by atoms with Gasteiger partial charge in [0.2, 0.25) is 0 Å². The van der Waals surface area contributed by atoms with Crippen LogP contribution in [0.2, 0.25) is 0 Å². The minimum absolute atomic E-state index is 0.0276. The van der Waals surface area contributed by atoms with Crippen LogP contribution >= 0.6 is 0 Å². The molecule has 0 aliphatic carbocycles. The Morgan fingerprint density at radius 3 is 2.68 bits per heavy atom. The lowest BCUT2D eigenvalue weighted by molar-refractivity contribution is 0.0925. The number of aliphatic imine (C=N–C) groups is 1. The van der Waals surface area contributed by atoms with E-state index in [1.807, 2.05) is 44.2 Å². The Morgan fingerprint density at radius 1 is 1.18 bits per heavy atom. The van der Waals surface area contributed by atoms with Crippen molar-refractivity contribution in [1.29, 1.82) is 0 Å². The summed E-state index contributed by atoms with van der Waals surface area (Å²) in [7, 11) is 1.72. The highest BCUT2D eigenvalue weighted by atomic mass is 16.3. The molecule has 2 heterocycles. The van der Waals surface area contributed by atoms with Gasteiger partial charge in [-0.15, -0.1) is 0 Å². The molecule has 0 aliphatic rings. The van der Waals surface area contributed by atoms with Crippen LogP contribution in [-0.2, 0) is 0 Å². The van der Waals surface area contributed by atoms with E-state index < -0.39 is 0 Å². The zero-order chi connectivity index (χ0) is 19.9. The number of hydrogen-bond acceptors (Lipinski definition) is 4. The first-order chi connectivity index (χ1) is 13.6. The molecule has 0 fully saturated rings. The molecule has 3 aromatic rings. The number of carbonyl (C=O) groups is 1. The van der Waals surface area contributed by atoms with Crippen LogP contribution in [0.4, 0.5) is 0 Å². The van der Waals surface area contributed by atoms with Gasteiger partial charge in [-0.25, -0.2) is 0 Å². The first-order valence-corrected chi connectivity index (χ1v) is 9.36. The maximum absolute atomic E-state index is 12.0. The van der Waals surface area contributed by atoms with E-state index >= 15 is 0 Å². The highest BCUT2D eigenvalue weighted by molar-refractivity contribution is 5.92. The summed E-state index contributed by atoms with van der Waals surface area (Å²) in [6, 6.07) is 11.7. The van der Waals surface area contributed by atoms with Gasteiger partial charge in [-0.3, -0.25) is 9.79 Å². The molecule has 1 amide bonds. The van der Waals surface area contributed by atoms with Gasteiger partial charge >= 0.3 is 0 Å². The van der Waals surface area contributed by atoms with Crippen LogP contribution in [-0.4, -0.2) is 32.0 Å². The molecule has 1 aromatic carbocycles. The van der Waals surface area contributed by atoms with Gasteiger partial charge in [-0.2, -0.15) is 0 Å². The molecule has 0 saturated carbocycles. The van der Waals surface area contributed by atoms with Gasteiger partial charge in [-0.05, 0) is 38.5 Å². The summed E-state index contributed by atoms with van der Waals surface area (Å²) in [6.45, 7) is 5.08. The molecule has 0 bridgehead atoms. The molecule has 7 heteroatoms. The summed E-state index contributed by atoms with van der Waals surface area (Å²) in [4.78, 5) is 16.2. The molecule has 0 aliphatic heterocycles. The average Bonchev–Trinajstić information content (AvgIpc) is 3.32. The van der Waals surface area contributed by atoms with Crippen LogP contribution in [0.25, 0.3) is 11.0 Å². The SMILES string of the molecule is CN=C(NCCCNC(=O)c1occc1C)NC(C)c1cc2ccccc2o1. The number of carbonyl (C=O) groups excluding carboxylic acids is 1. The van der Waals surface area contributed by atoms with Crippen molar-refractivity contribution in [3.05, 3.63) is 59.7 Å². The van der Waals surface area contributed by atoms with E-state index in [9.17, 15) is 4.79 Å². The van der Waals surface area contributed by atoms with Crippen LogP contribution in [0, 0.1) is 6.92 Å². The highest BCUT2D eigenvalue weighted by Crippen LogP contribution is 2.23. The molecule has 3 rings (SSSR count). The van der Waals surface area contributed by atoms with Crippen molar-refractivity contribution < 1.29 is 13.6 Å². The van der Waals surface area contributed by atoms with Gasteiger partial charge in [0.1, 0.15) is 11.3 Å². The number of nitrogens with one attached hydrogen (secondary N) is 3. The first-order valence-electron chi connectivity index (χ1n) is 9.36. The zero-order valence-electron chi connectivity index (χ0n) is 16.4. The number of fused-ring (bicyclic) bond motifs is 1. The summed E-state index contributed by atoms with van der Waals surface area (Å²) < 4.78 is 11.1. The lowest BCUT2D eigenvalue weighted by Gasteiger charge is -2.16. The van der Waals surface area contributed by atoms with Gasteiger partial charge in [0, 0.05) is 31.1 Å². The van der Waals surface area contributed by atoms with Gasteiger partial charge in [-0.1, -0.05) is 18.2 Å². The summed E-state index contributed by atoms with van der Waals surface area (Å²) in [5.41, 5.74) is 1.71. The number of nitrogens with zero attached hydrogens (tertiary/aromatic N) is 1. The van der Waals surface area contributed by atoms with E-state index in [4.69, 9.17) is 8.83 Å². The molecule has 0 saturated heterocycles. The minimum Gasteiger partial charge on any atom is -0.459 e. The Kier molecular flexibility index (Phi) is 6.37. The van der Waals surface area contributed by atoms with Crippen molar-refractivity contribution in [1.82, 2.24) is 16.0 Å². The molecule has 3 N–H and O–H groups in total. The van der Waals surface area contributed by atoms with Crippen LogP contribution in [0.1, 0.15) is 41.3 Å². The van der Waals surface area contributed by atoms with Crippen LogP contribution in [0.15, 0.2) is 56.5 Å². The fraction of sp³-hybridized carbons (Fsp3) is 0.333. The van der Waals surface area contributed by atoms with E-state index in [-0.39, 0.29) is 11.9 Å². The molecule has 1 unspecified atom stereocenters. The summed E-state index contributed by atoms with van der Waals surface area (Å²) in [5.74, 6) is 1.71. The summed E-state index contributed by atoms with van der Waals surface area (Å²) in [5, 5.41) is 10.5. The minimum atomic E-state index is -0.191. The number of guanidine groups is 1. The second kappa shape index (κ2) is 9.12. The largest absolute Gasteiger partial charge is 0.459 e. The first kappa shape index (κ1) is 19.5. The van der Waals surface area contributed by atoms with Gasteiger partial charge in [0.15, 0.2) is 11.7 Å². The van der Waals surface area contributed by atoms with Gasteiger partial charge in [0.05, 0.1) is 12.3 Å².